The van der Waals surface area contributed by atoms with Crippen molar-refractivity contribution in [3.63, 3.8) is 0 Å². The maximum atomic E-state index is 9.57. The van der Waals surface area contributed by atoms with E-state index in [-0.39, 0.29) is 6.10 Å². The van der Waals surface area contributed by atoms with E-state index < -0.39 is 18.5 Å². The van der Waals surface area contributed by atoms with Crippen LogP contribution in [0.4, 0.5) is 0 Å². The molecular formula is C9H18O4. The molecule has 4 heteroatoms. The van der Waals surface area contributed by atoms with Crippen molar-refractivity contribution < 1.29 is 19.7 Å². The summed E-state index contributed by atoms with van der Waals surface area (Å²) in [7, 11) is 0. The zero-order valence-corrected chi connectivity index (χ0v) is 8.14. The highest BCUT2D eigenvalue weighted by Crippen LogP contribution is 2.16. The molecule has 1 rings (SSSR count). The minimum absolute atomic E-state index is 0.00931. The van der Waals surface area contributed by atoms with E-state index in [1.165, 1.54) is 0 Å². The molecule has 0 aromatic rings. The van der Waals surface area contributed by atoms with Crippen molar-refractivity contribution in [3.05, 3.63) is 0 Å². The van der Waals surface area contributed by atoms with Crippen LogP contribution in [-0.2, 0) is 9.47 Å². The molecule has 3 unspecified atom stereocenters. The van der Waals surface area contributed by atoms with Crippen LogP contribution < -0.4 is 0 Å². The quantitative estimate of drug-likeness (QED) is 0.656. The van der Waals surface area contributed by atoms with Crippen molar-refractivity contribution in [1.29, 1.82) is 0 Å². The van der Waals surface area contributed by atoms with Crippen LogP contribution in [0.2, 0.25) is 0 Å². The summed E-state index contributed by atoms with van der Waals surface area (Å²) in [5.74, 6) is 0. The van der Waals surface area contributed by atoms with E-state index in [9.17, 15) is 10.2 Å². The molecule has 0 bridgehead atoms. The number of aliphatic hydroxyl groups excluding tert-OH is 2. The highest BCUT2D eigenvalue weighted by molar-refractivity contribution is 4.74. The smallest absolute Gasteiger partial charge is 0.186 e. The van der Waals surface area contributed by atoms with Gasteiger partial charge in [0.2, 0.25) is 0 Å². The zero-order chi connectivity index (χ0) is 9.84. The maximum Gasteiger partial charge on any atom is 0.186 e. The average molecular weight is 190 g/mol. The lowest BCUT2D eigenvalue weighted by Gasteiger charge is -2.25. The fourth-order valence-electron chi connectivity index (χ4n) is 1.33. The maximum absolute atomic E-state index is 9.57. The van der Waals surface area contributed by atoms with Crippen molar-refractivity contribution >= 4 is 0 Å². The van der Waals surface area contributed by atoms with Gasteiger partial charge in [-0.15, -0.1) is 0 Å². The summed E-state index contributed by atoms with van der Waals surface area (Å²) in [6.45, 7) is 4.27. The number of ether oxygens (including phenoxy) is 2. The molecule has 1 aliphatic rings. The Bertz CT molecular complexity index is 149. The van der Waals surface area contributed by atoms with Crippen LogP contribution in [0.3, 0.4) is 0 Å². The Morgan fingerprint density at radius 1 is 1.38 bits per heavy atom. The standard InChI is InChI=1S/C9H18O4/c1-6(2)13-9-8(11)7(10)4-3-5-12-9/h6-11H,3-5H2,1-2H3. The van der Waals surface area contributed by atoms with Gasteiger partial charge >= 0.3 is 0 Å². The largest absolute Gasteiger partial charge is 0.390 e. The lowest BCUT2D eigenvalue weighted by Crippen LogP contribution is -2.40. The summed E-state index contributed by atoms with van der Waals surface area (Å²) in [4.78, 5) is 0. The molecule has 0 saturated carbocycles. The predicted molar refractivity (Wildman–Crippen MR) is 47.2 cm³/mol. The van der Waals surface area contributed by atoms with Crippen molar-refractivity contribution in [1.82, 2.24) is 0 Å². The topological polar surface area (TPSA) is 58.9 Å². The lowest BCUT2D eigenvalue weighted by molar-refractivity contribution is -0.218. The highest BCUT2D eigenvalue weighted by atomic mass is 16.7. The molecule has 0 aromatic heterocycles. The Morgan fingerprint density at radius 3 is 2.69 bits per heavy atom. The normalized spacial score (nSPS) is 36.2. The van der Waals surface area contributed by atoms with Gasteiger partial charge in [0, 0.05) is 6.61 Å². The zero-order valence-electron chi connectivity index (χ0n) is 8.14. The van der Waals surface area contributed by atoms with E-state index in [0.29, 0.717) is 13.0 Å². The van der Waals surface area contributed by atoms with Crippen molar-refractivity contribution in [2.45, 2.75) is 51.3 Å². The minimum atomic E-state index is -0.926. The molecule has 1 heterocycles. The highest BCUT2D eigenvalue weighted by Gasteiger charge is 2.30. The molecule has 2 N–H and O–H groups in total. The summed E-state index contributed by atoms with van der Waals surface area (Å²) >= 11 is 0. The van der Waals surface area contributed by atoms with Crippen LogP contribution in [0.25, 0.3) is 0 Å². The SMILES string of the molecule is CC(C)OC1OCCCC(O)C1O. The van der Waals surface area contributed by atoms with Crippen molar-refractivity contribution in [2.75, 3.05) is 6.61 Å². The van der Waals surface area contributed by atoms with Gasteiger partial charge in [0.1, 0.15) is 6.10 Å². The van der Waals surface area contributed by atoms with Gasteiger partial charge in [-0.05, 0) is 26.7 Å². The molecule has 1 saturated heterocycles. The summed E-state index contributed by atoms with van der Waals surface area (Å²) in [6.07, 6.45) is -1.02. The second-order valence-corrected chi connectivity index (χ2v) is 3.62. The predicted octanol–water partition coefficient (Wildman–Crippen LogP) is 0.270. The molecule has 0 aromatic carbocycles. The number of hydrogen-bond donors (Lipinski definition) is 2. The molecule has 1 aliphatic heterocycles. The monoisotopic (exact) mass is 190 g/mol. The number of hydrogen-bond acceptors (Lipinski definition) is 4. The molecule has 13 heavy (non-hydrogen) atoms. The van der Waals surface area contributed by atoms with Crippen LogP contribution in [0, 0.1) is 0 Å². The molecule has 1 fully saturated rings. The van der Waals surface area contributed by atoms with Gasteiger partial charge in [-0.2, -0.15) is 0 Å². The molecular weight excluding hydrogens is 172 g/mol. The summed E-state index contributed by atoms with van der Waals surface area (Å²) < 4.78 is 10.6. The van der Waals surface area contributed by atoms with Crippen LogP contribution in [0.5, 0.6) is 0 Å². The van der Waals surface area contributed by atoms with Gasteiger partial charge in [-0.1, -0.05) is 0 Å². The minimum Gasteiger partial charge on any atom is -0.390 e. The molecule has 3 atom stereocenters. The van der Waals surface area contributed by atoms with Crippen LogP contribution in [-0.4, -0.2) is 41.4 Å². The third kappa shape index (κ3) is 3.23. The van der Waals surface area contributed by atoms with Gasteiger partial charge in [0.05, 0.1) is 12.2 Å². The van der Waals surface area contributed by atoms with Gasteiger partial charge in [0.25, 0.3) is 0 Å². The lowest BCUT2D eigenvalue weighted by atomic mass is 10.1. The van der Waals surface area contributed by atoms with Gasteiger partial charge < -0.3 is 19.7 Å². The Labute approximate surface area is 78.5 Å². The summed E-state index contributed by atoms with van der Waals surface area (Å²) in [6, 6.07) is 0. The van der Waals surface area contributed by atoms with E-state index in [2.05, 4.69) is 0 Å². The third-order valence-corrected chi connectivity index (χ3v) is 2.01. The number of rotatable bonds is 2. The third-order valence-electron chi connectivity index (χ3n) is 2.01. The fraction of sp³-hybridized carbons (Fsp3) is 1.00. The Morgan fingerprint density at radius 2 is 2.08 bits per heavy atom. The molecule has 0 radical (unpaired) electrons. The van der Waals surface area contributed by atoms with Crippen LogP contribution in [0.1, 0.15) is 26.7 Å². The van der Waals surface area contributed by atoms with Crippen molar-refractivity contribution in [2.24, 2.45) is 0 Å². The Balaban J connectivity index is 2.49. The van der Waals surface area contributed by atoms with Crippen LogP contribution >= 0.6 is 0 Å². The van der Waals surface area contributed by atoms with Gasteiger partial charge in [0.15, 0.2) is 6.29 Å². The molecule has 0 amide bonds. The van der Waals surface area contributed by atoms with Gasteiger partial charge in [-0.25, -0.2) is 0 Å². The second kappa shape index (κ2) is 4.91. The first kappa shape index (κ1) is 10.9. The average Bonchev–Trinajstić information content (AvgIpc) is 2.19. The van der Waals surface area contributed by atoms with E-state index in [4.69, 9.17) is 9.47 Å². The summed E-state index contributed by atoms with van der Waals surface area (Å²) in [5.41, 5.74) is 0. The molecule has 0 spiro atoms. The van der Waals surface area contributed by atoms with E-state index in [0.717, 1.165) is 6.42 Å². The molecule has 78 valence electrons. The first-order chi connectivity index (χ1) is 6.11. The molecule has 0 aliphatic carbocycles. The van der Waals surface area contributed by atoms with E-state index in [1.807, 2.05) is 13.8 Å². The van der Waals surface area contributed by atoms with Crippen molar-refractivity contribution in [3.8, 4) is 0 Å². The van der Waals surface area contributed by atoms with E-state index >= 15 is 0 Å². The Hall–Kier alpha value is -0.160. The first-order valence-electron chi connectivity index (χ1n) is 4.74. The Kier molecular flexibility index (Phi) is 4.12. The molecule has 4 nitrogen and oxygen atoms in total. The van der Waals surface area contributed by atoms with Gasteiger partial charge in [-0.3, -0.25) is 0 Å². The fourth-order valence-corrected chi connectivity index (χ4v) is 1.33. The van der Waals surface area contributed by atoms with Crippen LogP contribution in [0.15, 0.2) is 0 Å². The first-order valence-corrected chi connectivity index (χ1v) is 4.74. The van der Waals surface area contributed by atoms with E-state index in [1.54, 1.807) is 0 Å². The second-order valence-electron chi connectivity index (χ2n) is 3.62. The summed E-state index contributed by atoms with van der Waals surface area (Å²) in [5, 5.41) is 19.0. The number of aliphatic hydroxyl groups is 2.